The van der Waals surface area contributed by atoms with Gasteiger partial charge >= 0.3 is 120 Å². The van der Waals surface area contributed by atoms with Crippen LogP contribution in [0.2, 0.25) is 0 Å². The van der Waals surface area contributed by atoms with E-state index in [1.807, 2.05) is 0 Å². The molecule has 0 nitrogen and oxygen atoms in total. The Morgan fingerprint density at radius 2 is 0.571 bits per heavy atom. The second kappa shape index (κ2) is 44.5. The molecule has 7 heavy (non-hydrogen) atoms. The molecule has 0 amide bonds. The fourth-order valence-electron chi connectivity index (χ4n) is 0. The molecule has 0 saturated heterocycles. The third-order valence-electron chi connectivity index (χ3n) is 0. The van der Waals surface area contributed by atoms with Crippen LogP contribution in [-0.2, 0) is 0 Å². The summed E-state index contributed by atoms with van der Waals surface area (Å²) < 4.78 is 0. The molecule has 0 atom stereocenters. The van der Waals surface area contributed by atoms with Gasteiger partial charge in [-0.3, -0.25) is 0 Å². The van der Waals surface area contributed by atoms with Gasteiger partial charge in [0.15, 0.2) is 0 Å². The first-order valence-electron chi connectivity index (χ1n) is 0. The van der Waals surface area contributed by atoms with Gasteiger partial charge in [0.25, 0.3) is 0 Å². The number of hydrogen-bond acceptors (Lipinski definition) is 0. The van der Waals surface area contributed by atoms with E-state index in [9.17, 15) is 0 Å². The molecule has 0 fully saturated rings. The Labute approximate surface area is 153 Å². The van der Waals surface area contributed by atoms with Crippen molar-refractivity contribution in [2.24, 2.45) is 0 Å². The second-order valence-electron chi connectivity index (χ2n) is 0. The molecule has 0 N–H and O–H groups in total. The van der Waals surface area contributed by atoms with Crippen molar-refractivity contribution >= 4 is 157 Å². The molecule has 0 aromatic carbocycles. The first-order valence-corrected chi connectivity index (χ1v) is 0. The quantitative estimate of drug-likeness (QED) is 0.424. The number of halogens is 3. The molecule has 0 spiro atoms. The van der Waals surface area contributed by atoms with E-state index in [0.717, 1.165) is 0 Å². The molecule has 0 aliphatic carbocycles. The van der Waals surface area contributed by atoms with Crippen molar-refractivity contribution in [3.63, 3.8) is 0 Å². The van der Waals surface area contributed by atoms with Crippen molar-refractivity contribution in [2.75, 3.05) is 0 Å². The van der Waals surface area contributed by atoms with Crippen LogP contribution in [0.25, 0.3) is 0 Å². The van der Waals surface area contributed by atoms with Gasteiger partial charge in [-0.05, 0) is 0 Å². The van der Waals surface area contributed by atoms with E-state index in [1.54, 1.807) is 0 Å². The Hall–Kier alpha value is 4.90. The summed E-state index contributed by atoms with van der Waals surface area (Å²) >= 11 is 0. The van der Waals surface area contributed by atoms with Gasteiger partial charge < -0.3 is 0 Å². The van der Waals surface area contributed by atoms with Gasteiger partial charge in [0.2, 0.25) is 0 Å². The van der Waals surface area contributed by atoms with Crippen LogP contribution < -0.4 is 0 Å². The molecular weight excluding hydrogens is 217 g/mol. The molecule has 0 saturated carbocycles. The van der Waals surface area contributed by atoms with E-state index in [-0.39, 0.29) is 157 Å². The fourth-order valence-corrected chi connectivity index (χ4v) is 0. The van der Waals surface area contributed by atoms with Gasteiger partial charge in [-0.25, -0.2) is 0 Å². The van der Waals surface area contributed by atoms with Gasteiger partial charge in [0.1, 0.15) is 0 Å². The standard InChI is InChI=1S/Ca.3ClH.Mg.2Na.6H/h;3*1H;;;;;;;;;. The Morgan fingerprint density at radius 1 is 0.571 bits per heavy atom. The molecule has 0 aliphatic heterocycles. The monoisotopic (exact) mass is 224 g/mol. The Morgan fingerprint density at radius 3 is 0.571 bits per heavy atom. The summed E-state index contributed by atoms with van der Waals surface area (Å²) in [5, 5.41) is 0. The van der Waals surface area contributed by atoms with Crippen LogP contribution in [0, 0.1) is 0 Å². The zero-order chi connectivity index (χ0) is 0. The fraction of sp³-hybridized carbons (Fsp3) is 0. The van der Waals surface area contributed by atoms with Gasteiger partial charge in [-0.2, -0.15) is 0 Å². The molecule has 0 bridgehead atoms. The van der Waals surface area contributed by atoms with Gasteiger partial charge in [-0.1, -0.05) is 0 Å². The summed E-state index contributed by atoms with van der Waals surface area (Å²) in [4.78, 5) is 0. The van der Waals surface area contributed by atoms with Crippen molar-refractivity contribution in [3.05, 3.63) is 0 Å². The van der Waals surface area contributed by atoms with E-state index in [0.29, 0.717) is 0 Å². The molecule has 0 aliphatic rings. The van der Waals surface area contributed by atoms with Crippen LogP contribution in [-0.4, -0.2) is 120 Å². The topological polar surface area (TPSA) is 0 Å². The van der Waals surface area contributed by atoms with Gasteiger partial charge in [0.05, 0.1) is 0 Å². The SMILES string of the molecule is Cl.Cl.Cl.[CaH2].[MgH2].[NaH].[NaH]. The number of rotatable bonds is 0. The molecular formula is H9CaCl3MgNa2. The van der Waals surface area contributed by atoms with Crippen molar-refractivity contribution in [1.82, 2.24) is 0 Å². The van der Waals surface area contributed by atoms with E-state index in [1.165, 1.54) is 0 Å². The van der Waals surface area contributed by atoms with Gasteiger partial charge in [0, 0.05) is 0 Å². The van der Waals surface area contributed by atoms with E-state index in [4.69, 9.17) is 0 Å². The van der Waals surface area contributed by atoms with Crippen molar-refractivity contribution in [2.45, 2.75) is 0 Å². The summed E-state index contributed by atoms with van der Waals surface area (Å²) in [5.74, 6) is 0. The van der Waals surface area contributed by atoms with Crippen LogP contribution in [0.3, 0.4) is 0 Å². The predicted octanol–water partition coefficient (Wildman–Crippen LogP) is -1.86. The van der Waals surface area contributed by atoms with Crippen molar-refractivity contribution in [3.8, 4) is 0 Å². The van der Waals surface area contributed by atoms with Crippen molar-refractivity contribution < 1.29 is 0 Å². The van der Waals surface area contributed by atoms with Crippen LogP contribution in [0.4, 0.5) is 0 Å². The minimum atomic E-state index is 0. The molecule has 0 aromatic rings. The minimum absolute atomic E-state index is 0. The van der Waals surface area contributed by atoms with Crippen LogP contribution in [0.1, 0.15) is 0 Å². The third-order valence-corrected chi connectivity index (χ3v) is 0. The van der Waals surface area contributed by atoms with Crippen LogP contribution >= 0.6 is 37.2 Å². The Kier molecular flexibility index (Phi) is 375. The maximum atomic E-state index is 0. The molecule has 0 radical (unpaired) electrons. The first kappa shape index (κ1) is 58.9. The summed E-state index contributed by atoms with van der Waals surface area (Å²) in [5.41, 5.74) is 0. The zero-order valence-corrected chi connectivity index (χ0v) is 3.67. The van der Waals surface area contributed by atoms with E-state index in [2.05, 4.69) is 0 Å². The molecule has 0 rings (SSSR count). The first-order chi connectivity index (χ1) is 0. The van der Waals surface area contributed by atoms with E-state index >= 15 is 0 Å². The van der Waals surface area contributed by atoms with E-state index < -0.39 is 0 Å². The molecule has 0 aromatic heterocycles. The Balaban J connectivity index is 0. The molecule has 0 heterocycles. The third kappa shape index (κ3) is 36.0. The van der Waals surface area contributed by atoms with Crippen LogP contribution in [0.15, 0.2) is 0 Å². The number of hydrogen-bond donors (Lipinski definition) is 0. The second-order valence-corrected chi connectivity index (χ2v) is 0. The summed E-state index contributed by atoms with van der Waals surface area (Å²) in [6.07, 6.45) is 0. The summed E-state index contributed by atoms with van der Waals surface area (Å²) in [7, 11) is 0. The molecule has 7 heteroatoms. The molecule has 0 unspecified atom stereocenters. The summed E-state index contributed by atoms with van der Waals surface area (Å²) in [6, 6.07) is 0. The average molecular weight is 226 g/mol. The Bertz CT molecular complexity index is 12.9. The van der Waals surface area contributed by atoms with Crippen molar-refractivity contribution in [1.29, 1.82) is 0 Å². The molecule has 36 valence electrons. The zero-order valence-electron chi connectivity index (χ0n) is 1.22. The maximum absolute atomic E-state index is 0. The van der Waals surface area contributed by atoms with Crippen LogP contribution in [0.5, 0.6) is 0 Å². The average Bonchev–Trinajstić information content (AvgIpc) is 0. The van der Waals surface area contributed by atoms with Gasteiger partial charge in [-0.15, -0.1) is 37.2 Å². The predicted molar refractivity (Wildman–Crippen MR) is 53.1 cm³/mol. The normalized spacial score (nSPS) is 0. The summed E-state index contributed by atoms with van der Waals surface area (Å²) in [6.45, 7) is 0.